The Labute approximate surface area is 672 Å². The first-order chi connectivity index (χ1) is 54.1. The quantitative estimate of drug-likeness (QED) is 0.0487. The molecule has 4 fully saturated rings. The first-order valence-electron chi connectivity index (χ1n) is 39.4. The Kier molecular flexibility index (Phi) is 29.9. The van der Waals surface area contributed by atoms with Gasteiger partial charge in [0.2, 0.25) is 0 Å². The summed E-state index contributed by atoms with van der Waals surface area (Å²) < 4.78 is 91.6. The van der Waals surface area contributed by atoms with Crippen molar-refractivity contribution in [2.75, 3.05) is 85.1 Å². The van der Waals surface area contributed by atoms with Gasteiger partial charge in [0.15, 0.2) is 0 Å². The van der Waals surface area contributed by atoms with Crippen LogP contribution in [0.3, 0.4) is 0 Å². The lowest BCUT2D eigenvalue weighted by atomic mass is 8.64. The minimum atomic E-state index is -2.96. The third-order valence-electron chi connectivity index (χ3n) is 21.3. The Hall–Kier alpha value is -8.76. The van der Waals surface area contributed by atoms with Gasteiger partial charge in [0, 0.05) is 207 Å². The smallest absolute Gasteiger partial charge is 0.410 e. The molecule has 0 unspecified atom stereocenters. The molecule has 0 aromatic heterocycles. The van der Waals surface area contributed by atoms with E-state index < -0.39 is 42.8 Å². The summed E-state index contributed by atoms with van der Waals surface area (Å²) in [5.41, 5.74) is 8.39. The number of piperidine rings is 3. The molecule has 11 radical (unpaired) electrons. The molecule has 13 rings (SSSR count). The summed E-state index contributed by atoms with van der Waals surface area (Å²) in [5.74, 6) is 3.59. The van der Waals surface area contributed by atoms with E-state index in [-0.39, 0.29) is 47.3 Å². The van der Waals surface area contributed by atoms with Crippen LogP contribution in [0.1, 0.15) is 178 Å². The molecule has 3 spiro atoms. The van der Waals surface area contributed by atoms with E-state index in [1.54, 1.807) is 39.0 Å². The Morgan fingerprint density at radius 2 is 0.823 bits per heavy atom. The van der Waals surface area contributed by atoms with Gasteiger partial charge in [-0.3, -0.25) is 14.4 Å². The number of ether oxygens (including phenoxy) is 7. The summed E-state index contributed by atoms with van der Waals surface area (Å²) in [7, 11) is 27.5. The highest BCUT2D eigenvalue weighted by Crippen LogP contribution is 2.48. The maximum atomic E-state index is 12.9. The Morgan fingerprint density at radius 3 is 1.11 bits per heavy atom. The van der Waals surface area contributed by atoms with Crippen LogP contribution in [-0.2, 0) is 4.74 Å². The second-order valence-electron chi connectivity index (χ2n) is 30.2. The summed E-state index contributed by atoms with van der Waals surface area (Å²) in [6, 6.07) is 38.7. The maximum Gasteiger partial charge on any atom is 0.410 e. The highest BCUT2D eigenvalue weighted by molar-refractivity contribution is 7.93. The van der Waals surface area contributed by atoms with Crippen molar-refractivity contribution >= 4 is 105 Å². The third-order valence-corrected chi connectivity index (χ3v) is 21.3. The molecule has 113 heavy (non-hydrogen) atoms. The summed E-state index contributed by atoms with van der Waals surface area (Å²) in [6.07, 6.45) is 11.6. The SMILES string of the molecule is CCN(CC)C(=O)c1ccc(C2=CC3(CCN(C(=O)OC(C)(C)C)CC3)Oc3cc(OC(F)F)ccc32)cc1.CCN(CC)C(=O)c1ccc(C2=CC3(CCNCC3)Oc3cc(OC(F)F)ccc32)cc1.CCN(CC)C(=O)c1ccc(C2=CC3(CCNCC3)Oc3cc(OCC4CC4)ccc32)cc1.[B][B]B(B([B])[B])B([B])[B]. The van der Waals surface area contributed by atoms with Crippen LogP contribution in [0.15, 0.2) is 146 Å². The first-order valence-corrected chi connectivity index (χ1v) is 39.4. The third kappa shape index (κ3) is 22.4. The molecule has 1 saturated carbocycles. The van der Waals surface area contributed by atoms with Gasteiger partial charge in [0.25, 0.3) is 17.7 Å². The van der Waals surface area contributed by atoms with Gasteiger partial charge in [0.05, 0.1) is 6.61 Å². The fraction of sp³-hybridized carbons (Fsp3) is 0.446. The van der Waals surface area contributed by atoms with E-state index in [1.165, 1.54) is 49.7 Å². The monoisotopic (exact) mass is 1530 g/mol. The number of hydrogen-bond acceptors (Lipinski definition) is 13. The van der Waals surface area contributed by atoms with Crippen LogP contribution in [0.4, 0.5) is 22.4 Å². The molecule has 30 heteroatoms. The number of fused-ring (bicyclic) bond motifs is 3. The maximum absolute atomic E-state index is 12.9. The average Bonchev–Trinajstić information content (AvgIpc) is 1.47. The van der Waals surface area contributed by atoms with E-state index in [1.807, 2.05) is 116 Å². The van der Waals surface area contributed by atoms with Gasteiger partial charge in [-0.15, -0.1) is 0 Å². The predicted molar refractivity (Wildman–Crippen MR) is 446 cm³/mol. The number of alkyl halides is 4. The highest BCUT2D eigenvalue weighted by Gasteiger charge is 2.43. The molecule has 6 aromatic rings. The van der Waals surface area contributed by atoms with E-state index in [0.717, 1.165) is 120 Å². The topological polar surface area (TPSA) is 170 Å². The second kappa shape index (κ2) is 39.1. The number of carbonyl (C=O) groups excluding carboxylic acids is 4. The Bertz CT molecular complexity index is 4310. The standard InChI is InChI=1S/C30H36F2N2O5.C28H34N2O3.C25H28F2N2O3.B9/c1-6-33(7-2)26(35)21-10-8-20(9-11-21)24-19-30(14-16-34(17-15-30)28(36)39-29(3,4)5)38-25-18-22(37-27(31)32)12-13-23(24)25;1-3-30(4-2)27(31)22-9-7-21(8-10-22)25-18-28(13-15-29-16-14-28)33-26-17-23(11-12-24(25)26)32-19-20-5-6-20;1-3-29(4-2)23(30)18-7-5-17(6-8-18)21-16-25(11-13-28-14-12-25)32-22-15-19(31-24(26)27)9-10-20(21)22;1-6-9(7(2)3)8(4)5/h8-13,18-19,27H,6-7,14-17H2,1-5H3;7-12,17-18,20,29H,3-6,13-16,19H2,1-2H3;5-10,15-16,24,28H,3-4,11-14H2,1-2H3;. The van der Waals surface area contributed by atoms with Crippen LogP contribution in [0.25, 0.3) is 16.7 Å². The Balaban J connectivity index is 0.000000171. The average molecular weight is 1530 g/mol. The number of rotatable bonds is 22. The molecule has 6 heterocycles. The van der Waals surface area contributed by atoms with Gasteiger partial charge in [-0.1, -0.05) is 36.4 Å². The van der Waals surface area contributed by atoms with Crippen molar-refractivity contribution in [1.82, 2.24) is 30.2 Å². The van der Waals surface area contributed by atoms with Crippen molar-refractivity contribution in [3.8, 4) is 34.5 Å². The summed E-state index contributed by atoms with van der Waals surface area (Å²) in [4.78, 5) is 57.9. The van der Waals surface area contributed by atoms with Crippen LogP contribution in [0.5, 0.6) is 34.5 Å². The highest BCUT2D eigenvalue weighted by atomic mass is 19.3. The summed E-state index contributed by atoms with van der Waals surface area (Å²) in [6.45, 7) is 20.6. The van der Waals surface area contributed by atoms with Crippen molar-refractivity contribution in [2.45, 2.75) is 149 Å². The van der Waals surface area contributed by atoms with Crippen LogP contribution in [0, 0.1) is 5.92 Å². The molecular formula is C83H98B9F4N6O11. The first kappa shape index (κ1) is 86.6. The lowest BCUT2D eigenvalue weighted by Gasteiger charge is -2.43. The number of likely N-dealkylation sites (tertiary alicyclic amines) is 1. The van der Waals surface area contributed by atoms with E-state index in [2.05, 4.69) is 68.7 Å². The van der Waals surface area contributed by atoms with Gasteiger partial charge < -0.3 is 63.4 Å². The van der Waals surface area contributed by atoms with E-state index in [9.17, 15) is 36.7 Å². The van der Waals surface area contributed by atoms with Crippen molar-refractivity contribution < 1.29 is 69.9 Å². The molecule has 2 N–H and O–H groups in total. The molecule has 581 valence electrons. The molecule has 4 amide bonds. The number of halogens is 4. The van der Waals surface area contributed by atoms with Gasteiger partial charge in [-0.05, 0) is 232 Å². The molecule has 1 aliphatic carbocycles. The summed E-state index contributed by atoms with van der Waals surface area (Å²) in [5, 5.41) is 6.79. The number of hydrogen-bond donors (Lipinski definition) is 2. The summed E-state index contributed by atoms with van der Waals surface area (Å²) >= 11 is 0. The fourth-order valence-electron chi connectivity index (χ4n) is 14.7. The minimum absolute atomic E-state index is 0.00603. The molecule has 0 atom stereocenters. The van der Waals surface area contributed by atoms with Crippen LogP contribution in [0.2, 0.25) is 0 Å². The minimum Gasteiger partial charge on any atom is -0.493 e. The molecule has 0 bridgehead atoms. The van der Waals surface area contributed by atoms with E-state index in [4.69, 9.17) is 62.4 Å². The number of nitrogens with one attached hydrogen (secondary N) is 2. The van der Waals surface area contributed by atoms with Crippen LogP contribution < -0.4 is 39.1 Å². The van der Waals surface area contributed by atoms with Crippen LogP contribution in [-0.4, -0.2) is 229 Å². The Morgan fingerprint density at radius 1 is 0.504 bits per heavy atom. The second-order valence-corrected chi connectivity index (χ2v) is 30.2. The predicted octanol–water partition coefficient (Wildman–Crippen LogP) is 12.6. The zero-order valence-electron chi connectivity index (χ0n) is 66.4. The molecule has 7 aliphatic rings. The van der Waals surface area contributed by atoms with Crippen LogP contribution >= 0.6 is 0 Å². The van der Waals surface area contributed by atoms with E-state index >= 15 is 0 Å². The van der Waals surface area contributed by atoms with Gasteiger partial charge in [-0.2, -0.15) is 17.6 Å². The van der Waals surface area contributed by atoms with Gasteiger partial charge in [-0.25, -0.2) is 4.79 Å². The van der Waals surface area contributed by atoms with Crippen molar-refractivity contribution in [3.63, 3.8) is 0 Å². The van der Waals surface area contributed by atoms with Crippen molar-refractivity contribution in [3.05, 3.63) is 196 Å². The van der Waals surface area contributed by atoms with Gasteiger partial charge in [0.1, 0.15) is 56.9 Å². The molecule has 6 aliphatic heterocycles. The zero-order valence-corrected chi connectivity index (χ0v) is 66.4. The zero-order chi connectivity index (χ0) is 81.4. The largest absolute Gasteiger partial charge is 0.493 e. The lowest BCUT2D eigenvalue weighted by molar-refractivity contribution is -0.0508. The number of amides is 4. The molecule has 17 nitrogen and oxygen atoms in total. The van der Waals surface area contributed by atoms with Crippen molar-refractivity contribution in [2.24, 2.45) is 5.92 Å². The molecule has 6 aromatic carbocycles. The fourth-order valence-corrected chi connectivity index (χ4v) is 14.7. The lowest BCUT2D eigenvalue weighted by Crippen LogP contribution is -2.55. The molecular weight excluding hydrogens is 1430 g/mol. The number of carbonyl (C=O) groups is 4. The molecule has 3 saturated heterocycles. The number of nitrogens with zero attached hydrogens (tertiary/aromatic N) is 4. The number of benzene rings is 6. The van der Waals surface area contributed by atoms with E-state index in [0.29, 0.717) is 93.7 Å². The normalized spacial score (nSPS) is 16.5. The van der Waals surface area contributed by atoms with Crippen molar-refractivity contribution in [1.29, 1.82) is 0 Å². The van der Waals surface area contributed by atoms with Gasteiger partial charge >= 0.3 is 19.3 Å².